The average Bonchev–Trinajstić information content (AvgIpc) is 3.05. The molecule has 0 bridgehead atoms. The van der Waals surface area contributed by atoms with Gasteiger partial charge in [0.25, 0.3) is 0 Å². The van der Waals surface area contributed by atoms with Crippen molar-refractivity contribution in [3.8, 4) is 11.8 Å². The number of nitrogens with one attached hydrogen (secondary N) is 1. The zero-order valence-electron chi connectivity index (χ0n) is 12.3. The quantitative estimate of drug-likeness (QED) is 0.353. The van der Waals surface area contributed by atoms with Crippen LogP contribution in [-0.4, -0.2) is 9.55 Å². The molecule has 112 valence electrons. The molecule has 0 aliphatic rings. The Morgan fingerprint density at radius 2 is 1.61 bits per heavy atom. The first kappa shape index (κ1) is 14.6. The van der Waals surface area contributed by atoms with Crippen molar-refractivity contribution in [1.82, 2.24) is 9.55 Å². The number of H-pyrrole nitrogens is 1. The lowest BCUT2D eigenvalue weighted by molar-refractivity contribution is 0.951. The number of fused-ring (bicyclic) bond motifs is 2. The highest BCUT2D eigenvalue weighted by atomic mass is 79.9. The molecule has 1 N–H and O–H groups in total. The Morgan fingerprint density at radius 3 is 2.43 bits per heavy atom. The predicted octanol–water partition coefficient (Wildman–Crippen LogP) is 5.58. The number of aryl methyl sites for hydroxylation is 1. The first-order chi connectivity index (χ1) is 11.1. The maximum atomic E-state index is 3.51. The van der Waals surface area contributed by atoms with Gasteiger partial charge in [-0.2, -0.15) is 0 Å². The van der Waals surface area contributed by atoms with Crippen molar-refractivity contribution in [2.24, 2.45) is 7.05 Å². The molecule has 0 aliphatic carbocycles. The lowest BCUT2D eigenvalue weighted by Crippen LogP contribution is -1.90. The molecule has 2 heterocycles. The minimum absolute atomic E-state index is 0.921. The van der Waals surface area contributed by atoms with Gasteiger partial charge in [0.15, 0.2) is 0 Å². The van der Waals surface area contributed by atoms with Crippen LogP contribution in [0, 0.1) is 11.8 Å². The fraction of sp³-hybridized carbons (Fsp3) is 0.0526. The number of rotatable bonds is 0. The number of benzene rings is 2. The van der Waals surface area contributed by atoms with Crippen LogP contribution in [0.5, 0.6) is 0 Å². The molecule has 0 radical (unpaired) electrons. The topological polar surface area (TPSA) is 20.7 Å². The van der Waals surface area contributed by atoms with Gasteiger partial charge >= 0.3 is 0 Å². The summed E-state index contributed by atoms with van der Waals surface area (Å²) < 4.78 is 4.27. The summed E-state index contributed by atoms with van der Waals surface area (Å²) in [6.07, 6.45) is 0. The van der Waals surface area contributed by atoms with Crippen molar-refractivity contribution in [2.75, 3.05) is 0 Å². The first-order valence-corrected chi connectivity index (χ1v) is 8.74. The molecule has 4 heteroatoms. The maximum Gasteiger partial charge on any atom is 0.0932 e. The van der Waals surface area contributed by atoms with E-state index in [2.05, 4.69) is 95.7 Å². The number of nitrogens with zero attached hydrogens (tertiary/aromatic N) is 1. The third-order valence-electron chi connectivity index (χ3n) is 3.91. The van der Waals surface area contributed by atoms with Gasteiger partial charge in [0.1, 0.15) is 0 Å². The zero-order valence-corrected chi connectivity index (χ0v) is 15.5. The lowest BCUT2D eigenvalue weighted by atomic mass is 10.2. The molecule has 0 fully saturated rings. The van der Waals surface area contributed by atoms with Crippen molar-refractivity contribution in [3.05, 3.63) is 68.9 Å². The highest BCUT2D eigenvalue weighted by molar-refractivity contribution is 9.10. The summed E-state index contributed by atoms with van der Waals surface area (Å²) in [5.74, 6) is 6.50. The Balaban J connectivity index is 1.78. The van der Waals surface area contributed by atoms with Gasteiger partial charge in [-0.05, 0) is 60.4 Å². The Kier molecular flexibility index (Phi) is 3.56. The minimum atomic E-state index is 0.921. The summed E-state index contributed by atoms with van der Waals surface area (Å²) in [6.45, 7) is 0. The summed E-state index contributed by atoms with van der Waals surface area (Å²) in [7, 11) is 2.04. The molecule has 0 atom stereocenters. The average molecular weight is 428 g/mol. The number of hydrogen-bond donors (Lipinski definition) is 1. The third-order valence-corrected chi connectivity index (χ3v) is 4.90. The van der Waals surface area contributed by atoms with Gasteiger partial charge in [-0.15, -0.1) is 0 Å². The molecule has 0 saturated carbocycles. The van der Waals surface area contributed by atoms with E-state index in [1.807, 2.05) is 13.1 Å². The lowest BCUT2D eigenvalue weighted by Gasteiger charge is -1.97. The van der Waals surface area contributed by atoms with Crippen LogP contribution in [0.2, 0.25) is 0 Å². The van der Waals surface area contributed by atoms with Gasteiger partial charge in [0.05, 0.1) is 11.4 Å². The van der Waals surface area contributed by atoms with Crippen molar-refractivity contribution in [2.45, 2.75) is 0 Å². The summed E-state index contributed by atoms with van der Waals surface area (Å²) in [5, 5.41) is 2.34. The van der Waals surface area contributed by atoms with E-state index >= 15 is 0 Å². The van der Waals surface area contributed by atoms with Crippen molar-refractivity contribution < 1.29 is 0 Å². The van der Waals surface area contributed by atoms with Crippen molar-refractivity contribution in [1.29, 1.82) is 0 Å². The van der Waals surface area contributed by atoms with Gasteiger partial charge in [0, 0.05) is 37.8 Å². The van der Waals surface area contributed by atoms with Gasteiger partial charge < -0.3 is 9.55 Å². The molecule has 0 aliphatic heterocycles. The van der Waals surface area contributed by atoms with Crippen LogP contribution < -0.4 is 0 Å². The Labute approximate surface area is 150 Å². The van der Waals surface area contributed by atoms with Crippen molar-refractivity contribution in [3.63, 3.8) is 0 Å². The molecule has 2 nitrogen and oxygen atoms in total. The molecule has 0 spiro atoms. The second-order valence-corrected chi connectivity index (χ2v) is 7.29. The van der Waals surface area contributed by atoms with Crippen LogP contribution >= 0.6 is 31.9 Å². The number of aromatic amines is 1. The fourth-order valence-corrected chi connectivity index (χ4v) is 3.50. The van der Waals surface area contributed by atoms with E-state index in [0.29, 0.717) is 0 Å². The zero-order chi connectivity index (χ0) is 16.0. The molecule has 2 aromatic heterocycles. The molecule has 0 saturated heterocycles. The van der Waals surface area contributed by atoms with Gasteiger partial charge in [-0.3, -0.25) is 0 Å². The molecular weight excluding hydrogens is 416 g/mol. The molecule has 23 heavy (non-hydrogen) atoms. The highest BCUT2D eigenvalue weighted by Gasteiger charge is 2.04. The molecular formula is C19H12Br2N2. The molecule has 2 aromatic carbocycles. The summed E-state index contributed by atoms with van der Waals surface area (Å²) in [5.41, 5.74) is 4.19. The van der Waals surface area contributed by atoms with Crippen LogP contribution in [0.4, 0.5) is 0 Å². The van der Waals surface area contributed by atoms with Gasteiger partial charge in [0.2, 0.25) is 0 Å². The molecule has 0 unspecified atom stereocenters. The van der Waals surface area contributed by atoms with E-state index in [1.165, 1.54) is 10.9 Å². The molecule has 4 aromatic rings. The number of aromatic nitrogens is 2. The molecule has 0 amide bonds. The second kappa shape index (κ2) is 5.59. The maximum absolute atomic E-state index is 3.51. The molecule has 4 rings (SSSR count). The Bertz CT molecular complexity index is 1110. The Morgan fingerprint density at radius 1 is 0.870 bits per heavy atom. The van der Waals surface area contributed by atoms with Gasteiger partial charge in [-0.25, -0.2) is 0 Å². The van der Waals surface area contributed by atoms with E-state index in [9.17, 15) is 0 Å². The first-order valence-electron chi connectivity index (χ1n) is 7.15. The van der Waals surface area contributed by atoms with E-state index in [1.54, 1.807) is 0 Å². The number of hydrogen-bond acceptors (Lipinski definition) is 0. The normalized spacial score (nSPS) is 10.9. The van der Waals surface area contributed by atoms with E-state index < -0.39 is 0 Å². The standard InChI is InChI=1S/C19H12Br2N2/c1-23-17(11-13-9-15(21)3-7-19(13)23)5-4-16-10-12-8-14(20)2-6-18(12)22-16/h2-3,6-11,22H,1H3. The summed E-state index contributed by atoms with van der Waals surface area (Å²) in [4.78, 5) is 3.34. The SMILES string of the molecule is Cn1c(C#Cc2cc3cc(Br)ccc3[nH]2)cc2cc(Br)ccc21. The minimum Gasteiger partial charge on any atom is -0.348 e. The smallest absolute Gasteiger partial charge is 0.0932 e. The second-order valence-electron chi connectivity index (χ2n) is 5.46. The fourth-order valence-electron chi connectivity index (χ4n) is 2.74. The van der Waals surface area contributed by atoms with Crippen LogP contribution in [0.3, 0.4) is 0 Å². The van der Waals surface area contributed by atoms with E-state index in [4.69, 9.17) is 0 Å². The van der Waals surface area contributed by atoms with Crippen LogP contribution in [0.25, 0.3) is 21.8 Å². The number of halogens is 2. The monoisotopic (exact) mass is 426 g/mol. The van der Waals surface area contributed by atoms with Crippen LogP contribution in [0.15, 0.2) is 57.5 Å². The largest absolute Gasteiger partial charge is 0.348 e. The Hall–Kier alpha value is -1.96. The third kappa shape index (κ3) is 2.71. The summed E-state index contributed by atoms with van der Waals surface area (Å²) >= 11 is 7.01. The van der Waals surface area contributed by atoms with Crippen molar-refractivity contribution >= 4 is 53.7 Å². The van der Waals surface area contributed by atoms with Crippen LogP contribution in [0.1, 0.15) is 11.4 Å². The van der Waals surface area contributed by atoms with E-state index in [-0.39, 0.29) is 0 Å². The van der Waals surface area contributed by atoms with Gasteiger partial charge in [-0.1, -0.05) is 31.9 Å². The highest BCUT2D eigenvalue weighted by Crippen LogP contribution is 2.23. The predicted molar refractivity (Wildman–Crippen MR) is 103 cm³/mol. The van der Waals surface area contributed by atoms with Crippen LogP contribution in [-0.2, 0) is 7.05 Å². The van der Waals surface area contributed by atoms with E-state index in [0.717, 1.165) is 31.2 Å². The summed E-state index contributed by atoms with van der Waals surface area (Å²) in [6, 6.07) is 16.6.